The van der Waals surface area contributed by atoms with Crippen molar-refractivity contribution in [3.63, 3.8) is 0 Å². The zero-order valence-corrected chi connectivity index (χ0v) is 18.3. The van der Waals surface area contributed by atoms with E-state index in [2.05, 4.69) is 0 Å². The van der Waals surface area contributed by atoms with Gasteiger partial charge in [-0.3, -0.25) is 24.1 Å². The Balaban J connectivity index is 1.86. The quantitative estimate of drug-likeness (QED) is 0.342. The molecule has 1 fully saturated rings. The molecule has 0 saturated carbocycles. The zero-order valence-electron chi connectivity index (χ0n) is 17.5. The molecule has 0 aromatic heterocycles. The van der Waals surface area contributed by atoms with Crippen LogP contribution in [0.25, 0.3) is 0 Å². The molecular weight excluding hydrogens is 444 g/mol. The lowest BCUT2D eigenvalue weighted by Gasteiger charge is -2.27. The highest BCUT2D eigenvalue weighted by Gasteiger charge is 2.52. The van der Waals surface area contributed by atoms with Crippen molar-refractivity contribution in [1.29, 1.82) is 0 Å². The van der Waals surface area contributed by atoms with Gasteiger partial charge < -0.3 is 10.5 Å². The van der Waals surface area contributed by atoms with Gasteiger partial charge >= 0.3 is 0 Å². The normalized spacial score (nSPS) is 17.8. The van der Waals surface area contributed by atoms with E-state index in [1.165, 1.54) is 36.3 Å². The fraction of sp³-hybridized carbons (Fsp3) is 0.120. The molecule has 33 heavy (non-hydrogen) atoms. The fourth-order valence-electron chi connectivity index (χ4n) is 3.96. The van der Waals surface area contributed by atoms with Crippen LogP contribution in [0.15, 0.2) is 72.8 Å². The van der Waals surface area contributed by atoms with Crippen LogP contribution in [0.5, 0.6) is 5.75 Å². The van der Waals surface area contributed by atoms with Crippen molar-refractivity contribution >= 4 is 40.7 Å². The third kappa shape index (κ3) is 4.10. The second-order valence-electron chi connectivity index (χ2n) is 7.52. The number of benzene rings is 3. The van der Waals surface area contributed by atoms with Gasteiger partial charge in [0.2, 0.25) is 11.7 Å². The van der Waals surface area contributed by atoms with E-state index in [9.17, 15) is 19.2 Å². The lowest BCUT2D eigenvalue weighted by Crippen LogP contribution is -2.31. The van der Waals surface area contributed by atoms with Crippen LogP contribution >= 0.6 is 11.6 Å². The molecule has 0 aliphatic carbocycles. The number of nitrogens with two attached hydrogens (primary N) is 1. The Kier molecular flexibility index (Phi) is 5.98. The van der Waals surface area contributed by atoms with E-state index in [4.69, 9.17) is 22.1 Å². The van der Waals surface area contributed by atoms with Gasteiger partial charge in [-0.1, -0.05) is 29.8 Å². The topological polar surface area (TPSA) is 107 Å². The highest BCUT2D eigenvalue weighted by Crippen LogP contribution is 2.41. The van der Waals surface area contributed by atoms with Gasteiger partial charge in [-0.2, -0.15) is 0 Å². The molecule has 0 bridgehead atoms. The molecule has 0 radical (unpaired) electrons. The molecule has 1 heterocycles. The number of carbonyl (C=O) groups is 4. The summed E-state index contributed by atoms with van der Waals surface area (Å²) in [6, 6.07) is 18.1. The molecule has 2 atom stereocenters. The van der Waals surface area contributed by atoms with E-state index < -0.39 is 35.3 Å². The number of Topliss-reactive ketones (excluding diaryl/α,β-unsaturated/α-hetero) is 2. The SMILES string of the molecule is COc1ccc(C2C(C(=O)c3ccc(Cl)cc3)C(=O)C(=O)N2c2cccc(C(N)=O)c2)cc1. The molecule has 3 aromatic carbocycles. The molecule has 2 amide bonds. The average Bonchev–Trinajstić information content (AvgIpc) is 3.09. The van der Waals surface area contributed by atoms with Crippen molar-refractivity contribution in [2.24, 2.45) is 11.7 Å². The van der Waals surface area contributed by atoms with Gasteiger partial charge in [-0.05, 0) is 60.2 Å². The monoisotopic (exact) mass is 462 g/mol. The van der Waals surface area contributed by atoms with Gasteiger partial charge in [0.05, 0.1) is 13.2 Å². The van der Waals surface area contributed by atoms with E-state index in [1.54, 1.807) is 48.5 Å². The highest BCUT2D eigenvalue weighted by atomic mass is 35.5. The summed E-state index contributed by atoms with van der Waals surface area (Å²) in [5.74, 6) is -3.56. The van der Waals surface area contributed by atoms with Crippen molar-refractivity contribution in [1.82, 2.24) is 0 Å². The van der Waals surface area contributed by atoms with Crippen molar-refractivity contribution in [2.45, 2.75) is 6.04 Å². The Hall–Kier alpha value is -3.97. The van der Waals surface area contributed by atoms with Crippen LogP contribution in [0.3, 0.4) is 0 Å². The Labute approximate surface area is 194 Å². The summed E-state index contributed by atoms with van der Waals surface area (Å²) in [5, 5.41) is 0.442. The highest BCUT2D eigenvalue weighted by molar-refractivity contribution is 6.49. The summed E-state index contributed by atoms with van der Waals surface area (Å²) >= 11 is 5.93. The molecule has 4 rings (SSSR count). The van der Waals surface area contributed by atoms with Crippen molar-refractivity contribution < 1.29 is 23.9 Å². The Morgan fingerprint density at radius 1 is 0.939 bits per heavy atom. The van der Waals surface area contributed by atoms with Crippen molar-refractivity contribution in [3.05, 3.63) is 94.5 Å². The number of anilines is 1. The third-order valence-electron chi connectivity index (χ3n) is 5.58. The van der Waals surface area contributed by atoms with E-state index in [0.717, 1.165) is 0 Å². The molecular formula is C25H19ClN2O5. The number of hydrogen-bond acceptors (Lipinski definition) is 5. The molecule has 8 heteroatoms. The maximum absolute atomic E-state index is 13.4. The largest absolute Gasteiger partial charge is 0.497 e. The summed E-state index contributed by atoms with van der Waals surface area (Å²) in [6.45, 7) is 0. The number of hydrogen-bond donors (Lipinski definition) is 1. The second kappa shape index (κ2) is 8.88. The minimum absolute atomic E-state index is 0.175. The number of methoxy groups -OCH3 is 1. The van der Waals surface area contributed by atoms with Gasteiger partial charge in [-0.25, -0.2) is 0 Å². The predicted octanol–water partition coefficient (Wildman–Crippen LogP) is 3.60. The maximum Gasteiger partial charge on any atom is 0.295 e. The van der Waals surface area contributed by atoms with Gasteiger partial charge in [0.25, 0.3) is 5.91 Å². The number of ether oxygens (including phenoxy) is 1. The molecule has 2 unspecified atom stereocenters. The lowest BCUT2D eigenvalue weighted by molar-refractivity contribution is -0.135. The van der Waals surface area contributed by atoms with Gasteiger partial charge in [0.1, 0.15) is 11.7 Å². The van der Waals surface area contributed by atoms with Crippen LogP contribution in [0.1, 0.15) is 32.3 Å². The first-order chi connectivity index (χ1) is 15.8. The molecule has 0 spiro atoms. The third-order valence-corrected chi connectivity index (χ3v) is 5.84. The van der Waals surface area contributed by atoms with Crippen LogP contribution in [0.4, 0.5) is 5.69 Å². The van der Waals surface area contributed by atoms with Crippen LogP contribution < -0.4 is 15.4 Å². The zero-order chi connectivity index (χ0) is 23.7. The first kappa shape index (κ1) is 22.2. The van der Waals surface area contributed by atoms with E-state index in [1.807, 2.05) is 0 Å². The van der Waals surface area contributed by atoms with E-state index in [-0.39, 0.29) is 16.8 Å². The summed E-state index contributed by atoms with van der Waals surface area (Å²) < 4.78 is 5.20. The molecule has 1 saturated heterocycles. The summed E-state index contributed by atoms with van der Waals surface area (Å²) in [7, 11) is 1.52. The van der Waals surface area contributed by atoms with Crippen LogP contribution in [-0.4, -0.2) is 30.5 Å². The van der Waals surface area contributed by atoms with Crippen molar-refractivity contribution in [2.75, 3.05) is 12.0 Å². The maximum atomic E-state index is 13.4. The number of ketones is 2. The molecule has 1 aliphatic rings. The van der Waals surface area contributed by atoms with Crippen LogP contribution in [0, 0.1) is 5.92 Å². The van der Waals surface area contributed by atoms with Gasteiger partial charge in [0, 0.05) is 21.8 Å². The summed E-state index contributed by atoms with van der Waals surface area (Å²) in [4.78, 5) is 52.7. The van der Waals surface area contributed by atoms with Crippen LogP contribution in [-0.2, 0) is 9.59 Å². The smallest absolute Gasteiger partial charge is 0.295 e. The first-order valence-corrected chi connectivity index (χ1v) is 10.4. The standard InChI is InChI=1S/C25H19ClN2O5/c1-33-19-11-7-14(8-12-19)21-20(22(29)15-5-9-17(26)10-6-15)23(30)25(32)28(21)18-4-2-3-16(13-18)24(27)31/h2-13,20-21H,1H3,(H2,27,31). The number of rotatable bonds is 6. The number of primary amides is 1. The second-order valence-corrected chi connectivity index (χ2v) is 7.96. The Morgan fingerprint density at radius 3 is 2.21 bits per heavy atom. The summed E-state index contributed by atoms with van der Waals surface area (Å²) in [6.07, 6.45) is 0. The molecule has 1 aliphatic heterocycles. The number of carbonyl (C=O) groups excluding carboxylic acids is 4. The van der Waals surface area contributed by atoms with E-state index in [0.29, 0.717) is 16.3 Å². The van der Waals surface area contributed by atoms with Gasteiger partial charge in [-0.15, -0.1) is 0 Å². The number of amides is 2. The van der Waals surface area contributed by atoms with Gasteiger partial charge in [0.15, 0.2) is 5.78 Å². The Bertz CT molecular complexity index is 1250. The lowest BCUT2D eigenvalue weighted by atomic mass is 9.86. The molecule has 7 nitrogen and oxygen atoms in total. The number of nitrogens with zero attached hydrogens (tertiary/aromatic N) is 1. The Morgan fingerprint density at radius 2 is 1.61 bits per heavy atom. The molecule has 166 valence electrons. The van der Waals surface area contributed by atoms with Crippen LogP contribution in [0.2, 0.25) is 5.02 Å². The average molecular weight is 463 g/mol. The summed E-state index contributed by atoms with van der Waals surface area (Å²) in [5.41, 5.74) is 6.68. The van der Waals surface area contributed by atoms with Crippen molar-refractivity contribution in [3.8, 4) is 5.75 Å². The molecule has 2 N–H and O–H groups in total. The van der Waals surface area contributed by atoms with E-state index >= 15 is 0 Å². The minimum atomic E-state index is -1.29. The molecule has 3 aromatic rings. The fourth-order valence-corrected chi connectivity index (χ4v) is 4.08. The first-order valence-electron chi connectivity index (χ1n) is 10.0. The predicted molar refractivity (Wildman–Crippen MR) is 122 cm³/mol. The minimum Gasteiger partial charge on any atom is -0.497 e. The number of halogens is 1.